The lowest BCUT2D eigenvalue weighted by molar-refractivity contribution is -0.147. The molecule has 0 amide bonds. The van der Waals surface area contributed by atoms with Gasteiger partial charge in [-0.05, 0) is 55.7 Å². The van der Waals surface area contributed by atoms with Crippen molar-refractivity contribution in [3.8, 4) is 0 Å². The molecule has 0 unspecified atom stereocenters. The highest BCUT2D eigenvalue weighted by atomic mass is 28.3. The van der Waals surface area contributed by atoms with Crippen LogP contribution >= 0.6 is 0 Å². The summed E-state index contributed by atoms with van der Waals surface area (Å²) in [6.07, 6.45) is 4.75. The maximum Gasteiger partial charge on any atom is 0.306 e. The van der Waals surface area contributed by atoms with Gasteiger partial charge in [0.1, 0.15) is 6.61 Å². The normalized spacial score (nSPS) is 24.3. The second-order valence-corrected chi connectivity index (χ2v) is 11.0. The van der Waals surface area contributed by atoms with Crippen molar-refractivity contribution in [3.05, 3.63) is 35.9 Å². The number of hydrogen-bond donors (Lipinski definition) is 0. The van der Waals surface area contributed by atoms with Gasteiger partial charge < -0.3 is 9.16 Å². The molecule has 2 rings (SSSR count). The molecule has 1 aliphatic carbocycles. The Balaban J connectivity index is 1.83. The third kappa shape index (κ3) is 5.68. The first kappa shape index (κ1) is 20.2. The molecule has 0 radical (unpaired) electrons. The molecule has 1 aromatic rings. The molecule has 4 heteroatoms. The van der Waals surface area contributed by atoms with Crippen molar-refractivity contribution in [2.75, 3.05) is 0 Å². The van der Waals surface area contributed by atoms with E-state index in [2.05, 4.69) is 33.9 Å². The molecule has 1 saturated carbocycles. The first-order valence-electron chi connectivity index (χ1n) is 9.59. The Morgan fingerprint density at radius 2 is 1.76 bits per heavy atom. The predicted octanol–water partition coefficient (Wildman–Crippen LogP) is 5.10. The second kappa shape index (κ2) is 8.50. The molecule has 1 fully saturated rings. The maximum absolute atomic E-state index is 12.2. The van der Waals surface area contributed by atoms with Crippen LogP contribution in [-0.2, 0) is 20.6 Å². The van der Waals surface area contributed by atoms with Gasteiger partial charge in [-0.3, -0.25) is 4.79 Å². The van der Waals surface area contributed by atoms with Gasteiger partial charge in [-0.15, -0.1) is 0 Å². The molecule has 0 saturated heterocycles. The average molecular weight is 363 g/mol. The van der Waals surface area contributed by atoms with Crippen LogP contribution in [0.15, 0.2) is 30.3 Å². The zero-order chi connectivity index (χ0) is 18.5. The predicted molar refractivity (Wildman–Crippen MR) is 105 cm³/mol. The molecule has 0 heterocycles. The number of benzene rings is 1. The fraction of sp³-hybridized carbons (Fsp3) is 0.667. The maximum atomic E-state index is 12.2. The van der Waals surface area contributed by atoms with Crippen molar-refractivity contribution in [1.82, 2.24) is 0 Å². The Morgan fingerprint density at radius 1 is 1.16 bits per heavy atom. The lowest BCUT2D eigenvalue weighted by Crippen LogP contribution is -2.50. The van der Waals surface area contributed by atoms with Crippen molar-refractivity contribution in [2.24, 2.45) is 11.3 Å². The average Bonchev–Trinajstić information content (AvgIpc) is 2.54. The molecule has 0 bridgehead atoms. The van der Waals surface area contributed by atoms with E-state index in [1.165, 1.54) is 0 Å². The van der Waals surface area contributed by atoms with Crippen LogP contribution in [-0.4, -0.2) is 20.6 Å². The Labute approximate surface area is 154 Å². The number of rotatable bonds is 6. The highest BCUT2D eigenvalue weighted by molar-refractivity contribution is 6.48. The highest BCUT2D eigenvalue weighted by Crippen LogP contribution is 2.47. The van der Waals surface area contributed by atoms with E-state index in [1.54, 1.807) is 0 Å². The molecular weight excluding hydrogens is 328 g/mol. The van der Waals surface area contributed by atoms with Crippen LogP contribution in [0.2, 0.25) is 13.1 Å². The van der Waals surface area contributed by atoms with Gasteiger partial charge >= 0.3 is 5.97 Å². The van der Waals surface area contributed by atoms with E-state index in [9.17, 15) is 4.79 Å². The summed E-state index contributed by atoms with van der Waals surface area (Å²) in [5.74, 6) is 0.354. The van der Waals surface area contributed by atoms with Crippen LogP contribution in [0.3, 0.4) is 0 Å². The number of hydrogen-bond acceptors (Lipinski definition) is 3. The first-order valence-corrected chi connectivity index (χ1v) is 12.4. The SMILES string of the molecule is C[SiH](C)OC1(C(C)(C)C)CCC(CC(=O)OCc2ccccc2)CC1. The van der Waals surface area contributed by atoms with E-state index in [-0.39, 0.29) is 17.0 Å². The first-order chi connectivity index (χ1) is 11.7. The molecule has 25 heavy (non-hydrogen) atoms. The van der Waals surface area contributed by atoms with Gasteiger partial charge in [-0.2, -0.15) is 0 Å². The summed E-state index contributed by atoms with van der Waals surface area (Å²) in [5, 5.41) is 0. The number of esters is 1. The van der Waals surface area contributed by atoms with Gasteiger partial charge in [0, 0.05) is 6.42 Å². The minimum Gasteiger partial charge on any atom is -0.461 e. The van der Waals surface area contributed by atoms with Crippen molar-refractivity contribution < 1.29 is 14.0 Å². The van der Waals surface area contributed by atoms with Gasteiger partial charge in [-0.25, -0.2) is 0 Å². The lowest BCUT2D eigenvalue weighted by Gasteiger charge is -2.50. The van der Waals surface area contributed by atoms with E-state index < -0.39 is 9.04 Å². The Kier molecular flexibility index (Phi) is 6.86. The van der Waals surface area contributed by atoms with E-state index in [1.807, 2.05) is 30.3 Å². The molecule has 0 atom stereocenters. The topological polar surface area (TPSA) is 35.5 Å². The van der Waals surface area contributed by atoms with E-state index in [4.69, 9.17) is 9.16 Å². The van der Waals surface area contributed by atoms with Crippen LogP contribution in [0.25, 0.3) is 0 Å². The standard InChI is InChI=1S/C21H34O3Si/c1-20(2,3)21(24-25(4)5)13-11-17(12-14-21)15-19(22)23-16-18-9-7-6-8-10-18/h6-10,17,25H,11-16H2,1-5H3. The van der Waals surface area contributed by atoms with Crippen molar-refractivity contribution in [3.63, 3.8) is 0 Å². The highest BCUT2D eigenvalue weighted by Gasteiger charge is 2.45. The summed E-state index contributed by atoms with van der Waals surface area (Å²) in [5.41, 5.74) is 1.17. The van der Waals surface area contributed by atoms with E-state index in [0.717, 1.165) is 31.2 Å². The van der Waals surface area contributed by atoms with Crippen LogP contribution in [0.5, 0.6) is 0 Å². The number of carbonyl (C=O) groups is 1. The fourth-order valence-corrected chi connectivity index (χ4v) is 5.37. The third-order valence-electron chi connectivity index (χ3n) is 5.44. The van der Waals surface area contributed by atoms with Gasteiger partial charge in [-0.1, -0.05) is 51.1 Å². The summed E-state index contributed by atoms with van der Waals surface area (Å²) in [4.78, 5) is 12.2. The summed E-state index contributed by atoms with van der Waals surface area (Å²) >= 11 is 0. The number of ether oxygens (including phenoxy) is 1. The monoisotopic (exact) mass is 362 g/mol. The van der Waals surface area contributed by atoms with Crippen LogP contribution < -0.4 is 0 Å². The summed E-state index contributed by atoms with van der Waals surface area (Å²) < 4.78 is 12.0. The van der Waals surface area contributed by atoms with Crippen LogP contribution in [0, 0.1) is 11.3 Å². The summed E-state index contributed by atoms with van der Waals surface area (Å²) in [6, 6.07) is 9.87. The molecule has 0 N–H and O–H groups in total. The van der Waals surface area contributed by atoms with E-state index >= 15 is 0 Å². The van der Waals surface area contributed by atoms with Gasteiger partial charge in [0.25, 0.3) is 0 Å². The van der Waals surface area contributed by atoms with Crippen LogP contribution in [0.1, 0.15) is 58.4 Å². The van der Waals surface area contributed by atoms with Crippen molar-refractivity contribution in [1.29, 1.82) is 0 Å². The molecule has 0 aromatic heterocycles. The lowest BCUT2D eigenvalue weighted by atomic mass is 9.65. The van der Waals surface area contributed by atoms with Crippen LogP contribution in [0.4, 0.5) is 0 Å². The largest absolute Gasteiger partial charge is 0.461 e. The van der Waals surface area contributed by atoms with Crippen molar-refractivity contribution >= 4 is 15.0 Å². The second-order valence-electron chi connectivity index (χ2n) is 8.70. The van der Waals surface area contributed by atoms with Gasteiger partial charge in [0.2, 0.25) is 0 Å². The summed E-state index contributed by atoms with van der Waals surface area (Å²) in [7, 11) is -1.10. The van der Waals surface area contributed by atoms with Gasteiger partial charge in [0.05, 0.1) is 5.60 Å². The smallest absolute Gasteiger partial charge is 0.306 e. The zero-order valence-electron chi connectivity index (χ0n) is 16.5. The molecule has 1 aliphatic rings. The van der Waals surface area contributed by atoms with Gasteiger partial charge in [0.15, 0.2) is 9.04 Å². The summed E-state index contributed by atoms with van der Waals surface area (Å²) in [6.45, 7) is 11.7. The minimum atomic E-state index is -1.10. The van der Waals surface area contributed by atoms with E-state index in [0.29, 0.717) is 18.9 Å². The third-order valence-corrected chi connectivity index (χ3v) is 6.36. The fourth-order valence-electron chi connectivity index (χ4n) is 3.88. The number of carbonyl (C=O) groups excluding carboxylic acids is 1. The molecule has 140 valence electrons. The molecule has 3 nitrogen and oxygen atoms in total. The molecule has 0 spiro atoms. The zero-order valence-corrected chi connectivity index (χ0v) is 17.7. The molecule has 1 aromatic carbocycles. The molecular formula is C21H34O3Si. The Bertz CT molecular complexity index is 540. The Morgan fingerprint density at radius 3 is 2.28 bits per heavy atom. The Hall–Kier alpha value is -1.13. The molecule has 0 aliphatic heterocycles. The van der Waals surface area contributed by atoms with Crippen molar-refractivity contribution in [2.45, 2.75) is 78.2 Å². The minimum absolute atomic E-state index is 0.0160. The quantitative estimate of drug-likeness (QED) is 0.522.